The van der Waals surface area contributed by atoms with Crippen LogP contribution in [-0.4, -0.2) is 52.0 Å². The first kappa shape index (κ1) is 23.1. The Kier molecular flexibility index (Phi) is 11.1. The fourth-order valence-electron chi connectivity index (χ4n) is 3.06. The first-order valence-corrected chi connectivity index (χ1v) is 9.14. The number of benzene rings is 1. The third kappa shape index (κ3) is 7.00. The van der Waals surface area contributed by atoms with Crippen LogP contribution in [0, 0.1) is 5.82 Å². The third-order valence-electron chi connectivity index (χ3n) is 4.53. The molecular weight excluding hydrogens is 448 g/mol. The highest BCUT2D eigenvalue weighted by Crippen LogP contribution is 2.35. The van der Waals surface area contributed by atoms with Crippen LogP contribution in [0.5, 0.6) is 0 Å². The predicted molar refractivity (Wildman–Crippen MR) is 114 cm³/mol. The Morgan fingerprint density at radius 2 is 1.88 bits per heavy atom. The van der Waals surface area contributed by atoms with E-state index in [-0.39, 0.29) is 35.2 Å². The maximum absolute atomic E-state index is 13.3. The van der Waals surface area contributed by atoms with Gasteiger partial charge in [-0.05, 0) is 44.4 Å². The number of hydrogen-bond donors (Lipinski definition) is 2. The molecule has 0 aromatic heterocycles. The van der Waals surface area contributed by atoms with Crippen molar-refractivity contribution in [3.05, 3.63) is 35.6 Å². The van der Waals surface area contributed by atoms with Crippen LogP contribution in [0.4, 0.5) is 4.39 Å². The van der Waals surface area contributed by atoms with Gasteiger partial charge in [0.1, 0.15) is 5.82 Å². The van der Waals surface area contributed by atoms with Gasteiger partial charge in [-0.1, -0.05) is 12.1 Å². The predicted octanol–water partition coefficient (Wildman–Crippen LogP) is 3.08. The molecule has 0 saturated carbocycles. The standard InChI is InChI=1S/C19H30FN3O2.HI/c1-3-21-18(22-11-14-24-4-2)23-15-19(9-12-25-13-10-19)16-5-7-17(20)8-6-16;/h5-8H,3-4,9-15H2,1-2H3,(H2,21,22,23);1H. The van der Waals surface area contributed by atoms with Gasteiger partial charge in [0.2, 0.25) is 0 Å². The number of ether oxygens (including phenoxy) is 2. The molecule has 1 heterocycles. The molecule has 0 bridgehead atoms. The van der Waals surface area contributed by atoms with Gasteiger partial charge in [0.15, 0.2) is 5.96 Å². The van der Waals surface area contributed by atoms with Crippen molar-refractivity contribution in [2.75, 3.05) is 46.1 Å². The Hall–Kier alpha value is -0.930. The zero-order valence-electron chi connectivity index (χ0n) is 15.7. The molecule has 1 fully saturated rings. The molecule has 1 aliphatic heterocycles. The van der Waals surface area contributed by atoms with Gasteiger partial charge in [-0.15, -0.1) is 24.0 Å². The van der Waals surface area contributed by atoms with E-state index in [0.29, 0.717) is 39.5 Å². The zero-order chi connectivity index (χ0) is 18.0. The number of guanidine groups is 1. The van der Waals surface area contributed by atoms with Crippen LogP contribution in [-0.2, 0) is 14.9 Å². The highest BCUT2D eigenvalue weighted by atomic mass is 127. The summed E-state index contributed by atoms with van der Waals surface area (Å²) in [5.41, 5.74) is 1.03. The molecule has 1 aromatic carbocycles. The molecule has 1 saturated heterocycles. The van der Waals surface area contributed by atoms with Gasteiger partial charge in [-0.2, -0.15) is 0 Å². The van der Waals surface area contributed by atoms with Gasteiger partial charge in [-0.25, -0.2) is 4.39 Å². The monoisotopic (exact) mass is 479 g/mol. The van der Waals surface area contributed by atoms with Crippen molar-refractivity contribution in [2.24, 2.45) is 4.99 Å². The van der Waals surface area contributed by atoms with Crippen molar-refractivity contribution >= 4 is 29.9 Å². The van der Waals surface area contributed by atoms with E-state index in [2.05, 4.69) is 10.6 Å². The van der Waals surface area contributed by atoms with Gasteiger partial charge < -0.3 is 20.1 Å². The van der Waals surface area contributed by atoms with Gasteiger partial charge in [-0.3, -0.25) is 4.99 Å². The van der Waals surface area contributed by atoms with Crippen LogP contribution in [0.15, 0.2) is 29.3 Å². The Bertz CT molecular complexity index is 534. The highest BCUT2D eigenvalue weighted by Gasteiger charge is 2.34. The number of rotatable bonds is 8. The van der Waals surface area contributed by atoms with E-state index in [1.54, 1.807) is 0 Å². The summed E-state index contributed by atoms with van der Waals surface area (Å²) < 4.78 is 24.2. The van der Waals surface area contributed by atoms with Crippen LogP contribution in [0.25, 0.3) is 0 Å². The number of nitrogens with zero attached hydrogens (tertiary/aromatic N) is 1. The van der Waals surface area contributed by atoms with E-state index >= 15 is 0 Å². The largest absolute Gasteiger partial charge is 0.381 e. The molecule has 0 radical (unpaired) electrons. The quantitative estimate of drug-likeness (QED) is 0.261. The summed E-state index contributed by atoms with van der Waals surface area (Å²) >= 11 is 0. The lowest BCUT2D eigenvalue weighted by molar-refractivity contribution is 0.0531. The Labute approximate surface area is 173 Å². The second-order valence-corrected chi connectivity index (χ2v) is 6.22. The highest BCUT2D eigenvalue weighted by molar-refractivity contribution is 14.0. The summed E-state index contributed by atoms with van der Waals surface area (Å²) in [6, 6.07) is 6.82. The Morgan fingerprint density at radius 3 is 2.50 bits per heavy atom. The summed E-state index contributed by atoms with van der Waals surface area (Å²) in [5.74, 6) is 0.579. The Morgan fingerprint density at radius 1 is 1.19 bits per heavy atom. The smallest absolute Gasteiger partial charge is 0.191 e. The van der Waals surface area contributed by atoms with Gasteiger partial charge in [0.25, 0.3) is 0 Å². The maximum atomic E-state index is 13.3. The van der Waals surface area contributed by atoms with Crippen LogP contribution in [0.2, 0.25) is 0 Å². The summed E-state index contributed by atoms with van der Waals surface area (Å²) in [6.45, 7) is 8.97. The van der Waals surface area contributed by atoms with E-state index in [1.807, 2.05) is 26.0 Å². The SMILES string of the molecule is CCNC(=NCC1(c2ccc(F)cc2)CCOCC1)NCCOCC.I. The van der Waals surface area contributed by atoms with E-state index < -0.39 is 0 Å². The number of hydrogen-bond acceptors (Lipinski definition) is 3. The van der Waals surface area contributed by atoms with Crippen molar-refractivity contribution in [3.8, 4) is 0 Å². The lowest BCUT2D eigenvalue weighted by Gasteiger charge is -2.36. The molecule has 0 amide bonds. The molecule has 0 aliphatic carbocycles. The van der Waals surface area contributed by atoms with Crippen molar-refractivity contribution in [1.82, 2.24) is 10.6 Å². The molecule has 1 aromatic rings. The molecule has 5 nitrogen and oxygen atoms in total. The first-order chi connectivity index (χ1) is 12.2. The lowest BCUT2D eigenvalue weighted by atomic mass is 9.74. The minimum atomic E-state index is -0.208. The summed E-state index contributed by atoms with van der Waals surface area (Å²) in [5, 5.41) is 6.56. The fourth-order valence-corrected chi connectivity index (χ4v) is 3.06. The van der Waals surface area contributed by atoms with E-state index in [9.17, 15) is 4.39 Å². The van der Waals surface area contributed by atoms with Crippen LogP contribution < -0.4 is 10.6 Å². The second kappa shape index (κ2) is 12.5. The summed E-state index contributed by atoms with van der Waals surface area (Å²) in [4.78, 5) is 4.80. The first-order valence-electron chi connectivity index (χ1n) is 9.14. The lowest BCUT2D eigenvalue weighted by Crippen LogP contribution is -2.42. The molecule has 0 atom stereocenters. The minimum Gasteiger partial charge on any atom is -0.381 e. The van der Waals surface area contributed by atoms with Crippen molar-refractivity contribution in [2.45, 2.75) is 32.1 Å². The Balaban J connectivity index is 0.00000338. The third-order valence-corrected chi connectivity index (χ3v) is 4.53. The molecule has 26 heavy (non-hydrogen) atoms. The van der Waals surface area contributed by atoms with Crippen LogP contribution in [0.1, 0.15) is 32.3 Å². The zero-order valence-corrected chi connectivity index (χ0v) is 18.1. The second-order valence-electron chi connectivity index (χ2n) is 6.22. The van der Waals surface area contributed by atoms with E-state index in [0.717, 1.165) is 30.9 Å². The van der Waals surface area contributed by atoms with Crippen molar-refractivity contribution in [1.29, 1.82) is 0 Å². The van der Waals surface area contributed by atoms with Gasteiger partial charge in [0, 0.05) is 38.3 Å². The molecule has 148 valence electrons. The number of halogens is 2. The van der Waals surface area contributed by atoms with Crippen LogP contribution >= 0.6 is 24.0 Å². The maximum Gasteiger partial charge on any atom is 0.191 e. The summed E-state index contributed by atoms with van der Waals surface area (Å²) in [7, 11) is 0. The average Bonchev–Trinajstić information content (AvgIpc) is 2.64. The van der Waals surface area contributed by atoms with Gasteiger partial charge >= 0.3 is 0 Å². The molecule has 2 N–H and O–H groups in total. The normalized spacial score (nSPS) is 16.7. The minimum absolute atomic E-state index is 0. The van der Waals surface area contributed by atoms with Gasteiger partial charge in [0.05, 0.1) is 13.2 Å². The van der Waals surface area contributed by atoms with E-state index in [4.69, 9.17) is 14.5 Å². The molecule has 1 aliphatic rings. The van der Waals surface area contributed by atoms with Crippen molar-refractivity contribution in [3.63, 3.8) is 0 Å². The topological polar surface area (TPSA) is 54.9 Å². The molecule has 0 unspecified atom stereocenters. The molecule has 2 rings (SSSR count). The van der Waals surface area contributed by atoms with E-state index in [1.165, 1.54) is 12.1 Å². The molecule has 7 heteroatoms. The number of aliphatic imine (C=N–C) groups is 1. The summed E-state index contributed by atoms with van der Waals surface area (Å²) in [6.07, 6.45) is 1.78. The number of nitrogens with one attached hydrogen (secondary N) is 2. The van der Waals surface area contributed by atoms with Crippen molar-refractivity contribution < 1.29 is 13.9 Å². The molecular formula is C19H31FIN3O2. The average molecular weight is 479 g/mol. The van der Waals surface area contributed by atoms with Crippen LogP contribution in [0.3, 0.4) is 0 Å². The fraction of sp³-hybridized carbons (Fsp3) is 0.632. The molecule has 0 spiro atoms.